The van der Waals surface area contributed by atoms with Crippen molar-refractivity contribution in [2.24, 2.45) is 0 Å². The summed E-state index contributed by atoms with van der Waals surface area (Å²) in [6.45, 7) is 2.80. The van der Waals surface area contributed by atoms with Gasteiger partial charge in [0.25, 0.3) is 0 Å². The molecule has 150 valence electrons. The average molecular weight is 393 g/mol. The van der Waals surface area contributed by atoms with Crippen LogP contribution < -0.4 is 10.1 Å². The van der Waals surface area contributed by atoms with Crippen molar-refractivity contribution in [2.45, 2.75) is 25.6 Å². The number of ether oxygens (including phenoxy) is 1. The predicted octanol–water partition coefficient (Wildman–Crippen LogP) is 4.67. The molecule has 0 unspecified atom stereocenters. The highest BCUT2D eigenvalue weighted by atomic mass is 19.4. The monoisotopic (exact) mass is 393 g/mol. The molecule has 2 aromatic rings. The molecule has 3 rings (SSSR count). The minimum Gasteiger partial charge on any atom is -0.489 e. The third-order valence-electron chi connectivity index (χ3n) is 3.97. The Morgan fingerprint density at radius 1 is 1.07 bits per heavy atom. The van der Waals surface area contributed by atoms with Crippen LogP contribution in [-0.4, -0.2) is 30.3 Å². The second kappa shape index (κ2) is 10.5. The van der Waals surface area contributed by atoms with Crippen LogP contribution in [0.1, 0.15) is 24.0 Å². The molecule has 1 fully saturated rings. The van der Waals surface area contributed by atoms with Crippen molar-refractivity contribution in [1.82, 2.24) is 5.32 Å². The smallest absolute Gasteiger partial charge is 0.489 e. The fraction of sp³-hybridized carbons (Fsp3) is 0.286. The van der Waals surface area contributed by atoms with Gasteiger partial charge in [-0.05, 0) is 49.2 Å². The number of nitrogens with one attached hydrogen (secondary N) is 1. The van der Waals surface area contributed by atoms with Crippen molar-refractivity contribution in [2.75, 3.05) is 13.1 Å². The molecule has 0 atom stereocenters. The molecule has 0 amide bonds. The zero-order valence-corrected chi connectivity index (χ0v) is 15.2. The molecule has 1 aliphatic rings. The number of rotatable bonds is 4. The predicted molar refractivity (Wildman–Crippen MR) is 101 cm³/mol. The Morgan fingerprint density at radius 3 is 2.32 bits per heavy atom. The zero-order chi connectivity index (χ0) is 20.4. The number of benzene rings is 2. The van der Waals surface area contributed by atoms with E-state index >= 15 is 0 Å². The number of piperidine rings is 1. The maximum atomic E-state index is 10.6. The molecule has 0 bridgehead atoms. The quantitative estimate of drug-likeness (QED) is 0.793. The normalized spacial score (nSPS) is 13.9. The van der Waals surface area contributed by atoms with Gasteiger partial charge in [0.05, 0.1) is 0 Å². The van der Waals surface area contributed by atoms with Gasteiger partial charge in [-0.2, -0.15) is 13.2 Å². The first-order valence-corrected chi connectivity index (χ1v) is 8.81. The summed E-state index contributed by atoms with van der Waals surface area (Å²) in [5, 5.41) is 10.5. The van der Waals surface area contributed by atoms with Gasteiger partial charge in [-0.1, -0.05) is 54.1 Å². The maximum Gasteiger partial charge on any atom is 0.490 e. The SMILES string of the molecule is C(=C1CCNCC1)c1cccc(OCc2ccccc2)c1.O=C(O)C(F)(F)F. The van der Waals surface area contributed by atoms with Crippen molar-refractivity contribution in [3.05, 3.63) is 71.3 Å². The van der Waals surface area contributed by atoms with Gasteiger partial charge in [0.15, 0.2) is 0 Å². The van der Waals surface area contributed by atoms with Crippen molar-refractivity contribution < 1.29 is 27.8 Å². The lowest BCUT2D eigenvalue weighted by Gasteiger charge is -2.15. The summed E-state index contributed by atoms with van der Waals surface area (Å²) in [5.74, 6) is -1.82. The van der Waals surface area contributed by atoms with Crippen molar-refractivity contribution >= 4 is 12.0 Å². The highest BCUT2D eigenvalue weighted by molar-refractivity contribution is 5.73. The van der Waals surface area contributed by atoms with E-state index in [-0.39, 0.29) is 0 Å². The summed E-state index contributed by atoms with van der Waals surface area (Å²) < 4.78 is 37.6. The van der Waals surface area contributed by atoms with Crippen LogP contribution in [0.15, 0.2) is 60.2 Å². The highest BCUT2D eigenvalue weighted by Crippen LogP contribution is 2.20. The summed E-state index contributed by atoms with van der Waals surface area (Å²) in [4.78, 5) is 8.90. The van der Waals surface area contributed by atoms with Gasteiger partial charge < -0.3 is 15.2 Å². The number of hydrogen-bond donors (Lipinski definition) is 2. The van der Waals surface area contributed by atoms with Gasteiger partial charge in [-0.3, -0.25) is 0 Å². The number of hydrogen-bond acceptors (Lipinski definition) is 3. The zero-order valence-electron chi connectivity index (χ0n) is 15.2. The Hall–Kier alpha value is -2.80. The number of alkyl halides is 3. The van der Waals surface area contributed by atoms with Crippen LogP contribution in [-0.2, 0) is 11.4 Å². The number of carboxylic acids is 1. The van der Waals surface area contributed by atoms with Crippen molar-refractivity contribution in [3.63, 3.8) is 0 Å². The number of carboxylic acid groups (broad SMARTS) is 1. The second-order valence-corrected chi connectivity index (χ2v) is 6.20. The van der Waals surface area contributed by atoms with Gasteiger partial charge in [-0.15, -0.1) is 0 Å². The van der Waals surface area contributed by atoms with E-state index in [4.69, 9.17) is 14.6 Å². The first-order valence-electron chi connectivity index (χ1n) is 8.81. The molecule has 0 saturated carbocycles. The largest absolute Gasteiger partial charge is 0.490 e. The van der Waals surface area contributed by atoms with Crippen LogP contribution in [0.3, 0.4) is 0 Å². The van der Waals surface area contributed by atoms with Gasteiger partial charge >= 0.3 is 12.1 Å². The Kier molecular flexibility index (Phi) is 8.07. The third kappa shape index (κ3) is 7.84. The minimum absolute atomic E-state index is 0.616. The summed E-state index contributed by atoms with van der Waals surface area (Å²) in [5.41, 5.74) is 3.95. The lowest BCUT2D eigenvalue weighted by molar-refractivity contribution is -0.192. The number of carbonyl (C=O) groups is 1. The summed E-state index contributed by atoms with van der Waals surface area (Å²) in [6, 6.07) is 18.6. The molecule has 2 aromatic carbocycles. The lowest BCUT2D eigenvalue weighted by atomic mass is 10.0. The van der Waals surface area contributed by atoms with E-state index in [1.807, 2.05) is 24.3 Å². The molecule has 1 aliphatic heterocycles. The van der Waals surface area contributed by atoms with E-state index in [0.717, 1.165) is 31.7 Å². The summed E-state index contributed by atoms with van der Waals surface area (Å²) in [7, 11) is 0. The molecule has 7 heteroatoms. The van der Waals surface area contributed by atoms with Crippen LogP contribution in [0.2, 0.25) is 0 Å². The molecule has 0 radical (unpaired) electrons. The Morgan fingerprint density at radius 2 is 1.71 bits per heavy atom. The second-order valence-electron chi connectivity index (χ2n) is 6.20. The Bertz CT molecular complexity index is 781. The fourth-order valence-corrected chi connectivity index (χ4v) is 2.56. The molecule has 28 heavy (non-hydrogen) atoms. The highest BCUT2D eigenvalue weighted by Gasteiger charge is 2.38. The van der Waals surface area contributed by atoms with Crippen LogP contribution in [0.25, 0.3) is 6.08 Å². The van der Waals surface area contributed by atoms with E-state index in [0.29, 0.717) is 6.61 Å². The topological polar surface area (TPSA) is 58.6 Å². The van der Waals surface area contributed by atoms with E-state index in [2.05, 4.69) is 41.7 Å². The Balaban J connectivity index is 0.000000345. The standard InChI is InChI=1S/C19H21NO.C2HF3O2/c1-2-5-17(6-3-1)15-21-19-8-4-7-18(14-19)13-16-9-11-20-12-10-16;3-2(4,5)1(6)7/h1-8,13-14,20H,9-12,15H2;(H,6,7). The van der Waals surface area contributed by atoms with E-state index < -0.39 is 12.1 Å². The molecule has 0 spiro atoms. The van der Waals surface area contributed by atoms with Crippen LogP contribution in [0, 0.1) is 0 Å². The minimum atomic E-state index is -5.08. The van der Waals surface area contributed by atoms with Crippen LogP contribution in [0.5, 0.6) is 5.75 Å². The lowest BCUT2D eigenvalue weighted by Crippen LogP contribution is -2.22. The molecular weight excluding hydrogens is 371 g/mol. The summed E-state index contributed by atoms with van der Waals surface area (Å²) in [6.07, 6.45) is -0.486. The van der Waals surface area contributed by atoms with Gasteiger partial charge in [-0.25, -0.2) is 4.79 Å². The van der Waals surface area contributed by atoms with Crippen molar-refractivity contribution in [1.29, 1.82) is 0 Å². The molecule has 1 heterocycles. The molecular formula is C21H22F3NO3. The average Bonchev–Trinajstić information content (AvgIpc) is 2.68. The molecule has 1 saturated heterocycles. The van der Waals surface area contributed by atoms with Gasteiger partial charge in [0, 0.05) is 0 Å². The van der Waals surface area contributed by atoms with Crippen LogP contribution >= 0.6 is 0 Å². The van der Waals surface area contributed by atoms with E-state index in [1.165, 1.54) is 16.7 Å². The molecule has 0 aliphatic carbocycles. The third-order valence-corrected chi connectivity index (χ3v) is 3.97. The first-order chi connectivity index (χ1) is 13.3. The molecule has 4 nitrogen and oxygen atoms in total. The molecule has 0 aromatic heterocycles. The van der Waals surface area contributed by atoms with E-state index in [9.17, 15) is 13.2 Å². The maximum absolute atomic E-state index is 10.6. The molecule has 2 N–H and O–H groups in total. The number of halogens is 3. The first kappa shape index (κ1) is 21.5. The Labute approximate surface area is 161 Å². The fourth-order valence-electron chi connectivity index (χ4n) is 2.56. The van der Waals surface area contributed by atoms with Gasteiger partial charge in [0.1, 0.15) is 12.4 Å². The van der Waals surface area contributed by atoms with Crippen molar-refractivity contribution in [3.8, 4) is 5.75 Å². The van der Waals surface area contributed by atoms with E-state index in [1.54, 1.807) is 0 Å². The summed E-state index contributed by atoms with van der Waals surface area (Å²) >= 11 is 0. The van der Waals surface area contributed by atoms with Crippen LogP contribution in [0.4, 0.5) is 13.2 Å². The van der Waals surface area contributed by atoms with Gasteiger partial charge in [0.2, 0.25) is 0 Å². The number of aliphatic carboxylic acids is 1.